The van der Waals surface area contributed by atoms with Crippen molar-refractivity contribution in [3.8, 4) is 22.9 Å². The maximum Gasteiger partial charge on any atom is 0.350 e. The van der Waals surface area contributed by atoms with Crippen molar-refractivity contribution in [2.45, 2.75) is 6.92 Å². The Hall–Kier alpha value is -3.31. The predicted molar refractivity (Wildman–Crippen MR) is 99.9 cm³/mol. The maximum absolute atomic E-state index is 12.2. The number of esters is 1. The zero-order chi connectivity index (χ0) is 18.8. The molecule has 0 spiro atoms. The SMILES string of the molecule is CCOC(=O)c1sc2[nH+]c(N)c(C#N)c(-c3ccc(OC)cc3)c2c1N. The molecule has 3 aromatic rings. The van der Waals surface area contributed by atoms with E-state index in [1.165, 1.54) is 0 Å². The van der Waals surface area contributed by atoms with Gasteiger partial charge in [-0.3, -0.25) is 5.73 Å². The summed E-state index contributed by atoms with van der Waals surface area (Å²) in [5, 5.41) is 10.2. The van der Waals surface area contributed by atoms with Crippen LogP contribution >= 0.6 is 11.3 Å². The molecule has 0 atom stereocenters. The van der Waals surface area contributed by atoms with E-state index in [1.807, 2.05) is 12.1 Å². The molecule has 26 heavy (non-hydrogen) atoms. The highest BCUT2D eigenvalue weighted by atomic mass is 32.1. The lowest BCUT2D eigenvalue weighted by molar-refractivity contribution is -0.323. The highest BCUT2D eigenvalue weighted by Crippen LogP contribution is 2.41. The Kier molecular flexibility index (Phi) is 4.65. The highest BCUT2D eigenvalue weighted by molar-refractivity contribution is 7.20. The molecular formula is C18H17N4O3S+. The van der Waals surface area contributed by atoms with E-state index in [0.29, 0.717) is 21.5 Å². The number of benzene rings is 1. The number of fused-ring (bicyclic) bond motifs is 1. The number of aromatic amines is 1. The number of hydrogen-bond acceptors (Lipinski definition) is 7. The second-order valence-electron chi connectivity index (χ2n) is 5.40. The molecule has 1 aromatic carbocycles. The van der Waals surface area contributed by atoms with Crippen LogP contribution in [0.4, 0.5) is 11.5 Å². The monoisotopic (exact) mass is 369 g/mol. The molecule has 0 aliphatic rings. The molecule has 7 nitrogen and oxygen atoms in total. The fourth-order valence-corrected chi connectivity index (χ4v) is 3.77. The van der Waals surface area contributed by atoms with E-state index in [2.05, 4.69) is 11.1 Å². The van der Waals surface area contributed by atoms with Gasteiger partial charge >= 0.3 is 5.97 Å². The number of nitrogen functional groups attached to an aromatic ring is 2. The summed E-state index contributed by atoms with van der Waals surface area (Å²) in [6.07, 6.45) is 0. The lowest BCUT2D eigenvalue weighted by Crippen LogP contribution is -2.13. The van der Waals surface area contributed by atoms with Crippen LogP contribution in [0.25, 0.3) is 21.3 Å². The van der Waals surface area contributed by atoms with Crippen molar-refractivity contribution < 1.29 is 19.3 Å². The molecule has 5 N–H and O–H groups in total. The van der Waals surface area contributed by atoms with Gasteiger partial charge in [-0.25, -0.2) is 9.78 Å². The average Bonchev–Trinajstić information content (AvgIpc) is 2.97. The van der Waals surface area contributed by atoms with Gasteiger partial charge in [-0.2, -0.15) is 5.26 Å². The molecule has 8 heteroatoms. The summed E-state index contributed by atoms with van der Waals surface area (Å²) in [7, 11) is 1.58. The summed E-state index contributed by atoms with van der Waals surface area (Å²) < 4.78 is 10.2. The van der Waals surface area contributed by atoms with Crippen molar-refractivity contribution in [2.24, 2.45) is 0 Å². The van der Waals surface area contributed by atoms with Crippen LogP contribution in [-0.2, 0) is 4.74 Å². The van der Waals surface area contributed by atoms with E-state index in [1.54, 1.807) is 26.2 Å². The van der Waals surface area contributed by atoms with Crippen LogP contribution in [-0.4, -0.2) is 19.7 Å². The zero-order valence-electron chi connectivity index (χ0n) is 14.3. The second kappa shape index (κ2) is 6.90. The van der Waals surface area contributed by atoms with Crippen LogP contribution in [0, 0.1) is 11.3 Å². The van der Waals surface area contributed by atoms with Gasteiger partial charge in [0.15, 0.2) is 4.83 Å². The number of nitriles is 1. The third-order valence-corrected chi connectivity index (χ3v) is 5.02. The van der Waals surface area contributed by atoms with Gasteiger partial charge in [0.25, 0.3) is 5.82 Å². The number of methoxy groups -OCH3 is 1. The van der Waals surface area contributed by atoms with Crippen molar-refractivity contribution >= 4 is 39.0 Å². The first-order valence-corrected chi connectivity index (χ1v) is 8.61. The van der Waals surface area contributed by atoms with Gasteiger partial charge in [0, 0.05) is 5.56 Å². The average molecular weight is 369 g/mol. The third kappa shape index (κ3) is 2.78. The zero-order valence-corrected chi connectivity index (χ0v) is 15.1. The Morgan fingerprint density at radius 3 is 2.58 bits per heavy atom. The fourth-order valence-electron chi connectivity index (χ4n) is 2.74. The molecule has 0 aliphatic carbocycles. The molecule has 0 aliphatic heterocycles. The summed E-state index contributed by atoms with van der Waals surface area (Å²) in [5.41, 5.74) is 14.1. The molecule has 3 rings (SSSR count). The van der Waals surface area contributed by atoms with Crippen LogP contribution in [0.2, 0.25) is 0 Å². The molecule has 0 saturated carbocycles. The largest absolute Gasteiger partial charge is 0.497 e. The number of nitrogens with two attached hydrogens (primary N) is 2. The minimum atomic E-state index is -0.502. The second-order valence-corrected chi connectivity index (χ2v) is 6.42. The van der Waals surface area contributed by atoms with E-state index in [0.717, 1.165) is 16.9 Å². The summed E-state index contributed by atoms with van der Waals surface area (Å²) >= 11 is 1.15. The number of ether oxygens (including phenoxy) is 2. The predicted octanol–water partition coefficient (Wildman–Crippen LogP) is 2.60. The number of hydrogen-bond donors (Lipinski definition) is 2. The summed E-state index contributed by atoms with van der Waals surface area (Å²) in [4.78, 5) is 16.0. The van der Waals surface area contributed by atoms with Gasteiger partial charge in [-0.15, -0.1) is 0 Å². The molecule has 0 radical (unpaired) electrons. The van der Waals surface area contributed by atoms with Gasteiger partial charge in [0.1, 0.15) is 22.3 Å². The van der Waals surface area contributed by atoms with E-state index in [4.69, 9.17) is 20.9 Å². The van der Waals surface area contributed by atoms with Crippen LogP contribution in [0.5, 0.6) is 5.75 Å². The Morgan fingerprint density at radius 1 is 1.31 bits per heavy atom. The van der Waals surface area contributed by atoms with Crippen LogP contribution < -0.4 is 21.2 Å². The minimum absolute atomic E-state index is 0.211. The Morgan fingerprint density at radius 2 is 2.00 bits per heavy atom. The number of carbonyl (C=O) groups excluding carboxylic acids is 1. The van der Waals surface area contributed by atoms with Crippen molar-refractivity contribution in [1.82, 2.24) is 0 Å². The number of rotatable bonds is 4. The van der Waals surface area contributed by atoms with Crippen molar-refractivity contribution in [3.63, 3.8) is 0 Å². The lowest BCUT2D eigenvalue weighted by Gasteiger charge is -2.08. The quantitative estimate of drug-likeness (QED) is 0.681. The number of aromatic nitrogens is 1. The first-order valence-electron chi connectivity index (χ1n) is 7.80. The normalized spacial score (nSPS) is 10.5. The van der Waals surface area contributed by atoms with Gasteiger partial charge in [-0.05, 0) is 24.6 Å². The van der Waals surface area contributed by atoms with Gasteiger partial charge < -0.3 is 15.2 Å². The standard InChI is InChI=1S/C18H16N4O3S/c1-3-25-18(23)15-14(20)13-12(9-4-6-10(24-2)7-5-9)11(8-19)16(21)22-17(13)26-15/h4-7H,3,20H2,1-2H3,(H2,21,22)/p+1. The molecular weight excluding hydrogens is 352 g/mol. The number of nitrogens with zero attached hydrogens (tertiary/aromatic N) is 1. The Balaban J connectivity index is 2.34. The Bertz CT molecular complexity index is 1040. The topological polar surface area (TPSA) is 126 Å². The molecule has 2 heterocycles. The summed E-state index contributed by atoms with van der Waals surface area (Å²) in [6, 6.07) is 9.31. The van der Waals surface area contributed by atoms with Crippen LogP contribution in [0.15, 0.2) is 24.3 Å². The first kappa shape index (κ1) is 17.5. The maximum atomic E-state index is 12.2. The number of pyridine rings is 1. The number of H-pyrrole nitrogens is 1. The van der Waals surface area contributed by atoms with Crippen molar-refractivity contribution in [2.75, 3.05) is 25.2 Å². The molecule has 0 fully saturated rings. The first-order chi connectivity index (χ1) is 12.5. The molecule has 0 unspecified atom stereocenters. The van der Waals surface area contributed by atoms with Crippen LogP contribution in [0.1, 0.15) is 22.2 Å². The number of nitrogens with one attached hydrogen (secondary N) is 1. The van der Waals surface area contributed by atoms with Crippen molar-refractivity contribution in [1.29, 1.82) is 5.26 Å². The van der Waals surface area contributed by atoms with E-state index < -0.39 is 5.97 Å². The molecule has 2 aromatic heterocycles. The summed E-state index contributed by atoms with van der Waals surface area (Å²) in [6.45, 7) is 1.97. The van der Waals surface area contributed by atoms with E-state index >= 15 is 0 Å². The minimum Gasteiger partial charge on any atom is -0.497 e. The number of thiophene rings is 1. The molecule has 0 bridgehead atoms. The van der Waals surface area contributed by atoms with Gasteiger partial charge in [0.05, 0.1) is 24.8 Å². The molecule has 132 valence electrons. The lowest BCUT2D eigenvalue weighted by atomic mass is 9.97. The number of carbonyl (C=O) groups is 1. The number of anilines is 2. The third-order valence-electron chi connectivity index (χ3n) is 3.91. The van der Waals surface area contributed by atoms with Gasteiger partial charge in [0.2, 0.25) is 0 Å². The fraction of sp³-hybridized carbons (Fsp3) is 0.167. The highest BCUT2D eigenvalue weighted by Gasteiger charge is 2.27. The Labute approximate surface area is 153 Å². The van der Waals surface area contributed by atoms with E-state index in [-0.39, 0.29) is 28.6 Å². The van der Waals surface area contributed by atoms with Gasteiger partial charge in [-0.1, -0.05) is 23.5 Å². The molecule has 0 saturated heterocycles. The van der Waals surface area contributed by atoms with Crippen LogP contribution in [0.3, 0.4) is 0 Å². The summed E-state index contributed by atoms with van der Waals surface area (Å²) in [5.74, 6) is 0.393. The smallest absolute Gasteiger partial charge is 0.350 e. The molecule has 0 amide bonds. The van der Waals surface area contributed by atoms with E-state index in [9.17, 15) is 10.1 Å². The van der Waals surface area contributed by atoms with Crippen molar-refractivity contribution in [3.05, 3.63) is 34.7 Å².